The van der Waals surface area contributed by atoms with Crippen molar-refractivity contribution in [3.05, 3.63) is 54.6 Å². The van der Waals surface area contributed by atoms with Gasteiger partial charge in [0.25, 0.3) is 0 Å². The summed E-state index contributed by atoms with van der Waals surface area (Å²) in [5.74, 6) is 0.180. The highest BCUT2D eigenvalue weighted by Crippen LogP contribution is 2.35. The molecule has 0 saturated carbocycles. The van der Waals surface area contributed by atoms with Crippen LogP contribution in [0.25, 0.3) is 0 Å². The van der Waals surface area contributed by atoms with Crippen LogP contribution in [0.3, 0.4) is 0 Å². The first-order valence-corrected chi connectivity index (χ1v) is 9.08. The van der Waals surface area contributed by atoms with Crippen LogP contribution in [0.1, 0.15) is 0 Å². The quantitative estimate of drug-likeness (QED) is 0.906. The lowest BCUT2D eigenvalue weighted by molar-refractivity contribution is -0.118. The summed E-state index contributed by atoms with van der Waals surface area (Å²) in [4.78, 5) is 14.0. The van der Waals surface area contributed by atoms with Gasteiger partial charge in [0, 0.05) is 0 Å². The van der Waals surface area contributed by atoms with Crippen LogP contribution in [0, 0.1) is 0 Å². The van der Waals surface area contributed by atoms with Gasteiger partial charge in [-0.1, -0.05) is 30.3 Å². The number of nitrogens with one attached hydrogen (secondary N) is 1. The molecule has 1 aliphatic rings. The third-order valence-electron chi connectivity index (χ3n) is 3.79. The molecule has 1 amide bonds. The van der Waals surface area contributed by atoms with Crippen LogP contribution in [0.2, 0.25) is 0 Å². The summed E-state index contributed by atoms with van der Waals surface area (Å²) in [7, 11) is -2.05. The Labute approximate surface area is 141 Å². The van der Waals surface area contributed by atoms with Crippen molar-refractivity contribution in [2.75, 3.05) is 25.0 Å². The number of rotatable bonds is 4. The third kappa shape index (κ3) is 3.00. The second kappa shape index (κ2) is 6.62. The lowest BCUT2D eigenvalue weighted by atomic mass is 10.2. The molecule has 1 unspecified atom stereocenters. The van der Waals surface area contributed by atoms with Crippen LogP contribution in [-0.4, -0.2) is 39.9 Å². The van der Waals surface area contributed by atoms with E-state index in [-0.39, 0.29) is 23.9 Å². The van der Waals surface area contributed by atoms with Gasteiger partial charge in [-0.25, -0.2) is 8.42 Å². The zero-order valence-electron chi connectivity index (χ0n) is 13.2. The maximum absolute atomic E-state index is 12.8. The predicted molar refractivity (Wildman–Crippen MR) is 90.8 cm³/mol. The third-order valence-corrected chi connectivity index (χ3v) is 5.66. The summed E-state index contributed by atoms with van der Waals surface area (Å²) in [6.07, 6.45) is 0. The van der Waals surface area contributed by atoms with Crippen molar-refractivity contribution in [3.63, 3.8) is 0 Å². The van der Waals surface area contributed by atoms with E-state index >= 15 is 0 Å². The van der Waals surface area contributed by atoms with Gasteiger partial charge in [0.1, 0.15) is 5.75 Å². The molecule has 1 heterocycles. The summed E-state index contributed by atoms with van der Waals surface area (Å²) in [5, 5.41) is 2.80. The summed E-state index contributed by atoms with van der Waals surface area (Å²) < 4.78 is 31.4. The lowest BCUT2D eigenvalue weighted by Gasteiger charge is -2.34. The van der Waals surface area contributed by atoms with Crippen molar-refractivity contribution < 1.29 is 17.9 Å². The Morgan fingerprint density at radius 1 is 1.17 bits per heavy atom. The van der Waals surface area contributed by atoms with Crippen LogP contribution in [-0.2, 0) is 14.6 Å². The monoisotopic (exact) mass is 346 g/mol. The average molecular weight is 346 g/mol. The Balaban J connectivity index is 1.99. The minimum Gasteiger partial charge on any atom is -0.470 e. The van der Waals surface area contributed by atoms with Crippen LogP contribution in [0.15, 0.2) is 59.5 Å². The molecule has 2 aromatic rings. The number of benzene rings is 2. The zero-order valence-corrected chi connectivity index (χ0v) is 14.0. The van der Waals surface area contributed by atoms with Gasteiger partial charge >= 0.3 is 0 Å². The standard InChI is InChI=1S/C17H18N2O4S/c1-18-11-16(20)19-12-17(23-15-10-6-5-9-14(15)19)24(21,22)13-7-3-2-4-8-13/h2-10,17-18H,11-12H2,1H3. The Morgan fingerprint density at radius 3 is 2.54 bits per heavy atom. The Bertz CT molecular complexity index is 837. The van der Waals surface area contributed by atoms with Crippen LogP contribution < -0.4 is 15.0 Å². The molecule has 1 atom stereocenters. The molecule has 126 valence electrons. The number of hydrogen-bond donors (Lipinski definition) is 1. The molecule has 0 aromatic heterocycles. The maximum Gasteiger partial charge on any atom is 0.241 e. The SMILES string of the molecule is CNCC(=O)N1CC(S(=O)(=O)c2ccccc2)Oc2ccccc21. The highest BCUT2D eigenvalue weighted by atomic mass is 32.2. The number of anilines is 1. The van der Waals surface area contributed by atoms with Crippen molar-refractivity contribution >= 4 is 21.4 Å². The highest BCUT2D eigenvalue weighted by Gasteiger charge is 2.37. The van der Waals surface area contributed by atoms with E-state index < -0.39 is 15.3 Å². The minimum atomic E-state index is -3.72. The van der Waals surface area contributed by atoms with Gasteiger partial charge in [-0.3, -0.25) is 4.79 Å². The molecule has 0 fully saturated rings. The number of carbonyl (C=O) groups excluding carboxylic acids is 1. The van der Waals surface area contributed by atoms with Gasteiger partial charge in [0.15, 0.2) is 0 Å². The Hall–Kier alpha value is -2.38. The number of ether oxygens (including phenoxy) is 1. The summed E-state index contributed by atoms with van der Waals surface area (Å²) in [6.45, 7) is 0.0706. The number of para-hydroxylation sites is 2. The van der Waals surface area contributed by atoms with E-state index in [4.69, 9.17) is 4.74 Å². The molecule has 1 aliphatic heterocycles. The normalized spacial score (nSPS) is 17.0. The summed E-state index contributed by atoms with van der Waals surface area (Å²) in [6, 6.07) is 15.1. The van der Waals surface area contributed by atoms with Crippen molar-refractivity contribution in [1.29, 1.82) is 0 Å². The fraction of sp³-hybridized carbons (Fsp3) is 0.235. The molecule has 24 heavy (non-hydrogen) atoms. The molecule has 1 N–H and O–H groups in total. The predicted octanol–water partition coefficient (Wildman–Crippen LogP) is 1.43. The first-order valence-electron chi connectivity index (χ1n) is 7.53. The van der Waals surface area contributed by atoms with Crippen molar-refractivity contribution in [2.24, 2.45) is 0 Å². The number of amides is 1. The molecule has 7 heteroatoms. The summed E-state index contributed by atoms with van der Waals surface area (Å²) >= 11 is 0. The molecule has 2 aromatic carbocycles. The largest absolute Gasteiger partial charge is 0.470 e. The molecule has 0 saturated heterocycles. The molecule has 0 radical (unpaired) electrons. The molecule has 0 bridgehead atoms. The number of nitrogens with zero attached hydrogens (tertiary/aromatic N) is 1. The van der Waals surface area contributed by atoms with Gasteiger partial charge in [-0.2, -0.15) is 0 Å². The number of likely N-dealkylation sites (N-methyl/N-ethyl adjacent to an activating group) is 1. The Kier molecular flexibility index (Phi) is 4.55. The van der Waals surface area contributed by atoms with E-state index in [9.17, 15) is 13.2 Å². The maximum atomic E-state index is 12.8. The van der Waals surface area contributed by atoms with E-state index in [1.54, 1.807) is 49.5 Å². The number of hydrogen-bond acceptors (Lipinski definition) is 5. The van der Waals surface area contributed by atoms with Gasteiger partial charge in [0.05, 0.1) is 23.7 Å². The van der Waals surface area contributed by atoms with Crippen molar-refractivity contribution in [3.8, 4) is 5.75 Å². The van der Waals surface area contributed by atoms with E-state index in [1.807, 2.05) is 0 Å². The topological polar surface area (TPSA) is 75.7 Å². The molecule has 3 rings (SSSR count). The van der Waals surface area contributed by atoms with Gasteiger partial charge in [0.2, 0.25) is 21.2 Å². The fourth-order valence-electron chi connectivity index (χ4n) is 2.61. The van der Waals surface area contributed by atoms with E-state index in [1.165, 1.54) is 17.0 Å². The molecule has 6 nitrogen and oxygen atoms in total. The number of carbonyl (C=O) groups is 1. The number of fused-ring (bicyclic) bond motifs is 1. The molecular formula is C17H18N2O4S. The van der Waals surface area contributed by atoms with E-state index in [0.29, 0.717) is 11.4 Å². The first-order chi connectivity index (χ1) is 11.5. The van der Waals surface area contributed by atoms with Crippen LogP contribution in [0.4, 0.5) is 5.69 Å². The minimum absolute atomic E-state index is 0.0469. The second-order valence-electron chi connectivity index (χ2n) is 5.41. The van der Waals surface area contributed by atoms with Crippen molar-refractivity contribution in [2.45, 2.75) is 10.3 Å². The van der Waals surface area contributed by atoms with Gasteiger partial charge in [-0.15, -0.1) is 0 Å². The van der Waals surface area contributed by atoms with Gasteiger partial charge in [-0.05, 0) is 31.3 Å². The van der Waals surface area contributed by atoms with E-state index in [0.717, 1.165) is 0 Å². The van der Waals surface area contributed by atoms with Gasteiger partial charge < -0.3 is 15.0 Å². The highest BCUT2D eigenvalue weighted by molar-refractivity contribution is 7.92. The fourth-order valence-corrected chi connectivity index (χ4v) is 4.03. The molecule has 0 aliphatic carbocycles. The summed E-state index contributed by atoms with van der Waals surface area (Å²) in [5.41, 5.74) is -0.562. The lowest BCUT2D eigenvalue weighted by Crippen LogP contribution is -2.49. The van der Waals surface area contributed by atoms with Crippen LogP contribution in [0.5, 0.6) is 5.75 Å². The number of sulfone groups is 1. The molecule has 0 spiro atoms. The van der Waals surface area contributed by atoms with Crippen LogP contribution >= 0.6 is 0 Å². The first kappa shape index (κ1) is 16.5. The molecular weight excluding hydrogens is 328 g/mol. The average Bonchev–Trinajstić information content (AvgIpc) is 2.61. The zero-order chi connectivity index (χ0) is 17.2. The van der Waals surface area contributed by atoms with E-state index in [2.05, 4.69) is 5.32 Å². The smallest absolute Gasteiger partial charge is 0.241 e. The van der Waals surface area contributed by atoms with Crippen molar-refractivity contribution in [1.82, 2.24) is 5.32 Å². The Morgan fingerprint density at radius 2 is 1.83 bits per heavy atom. The second-order valence-corrected chi connectivity index (χ2v) is 7.50.